The summed E-state index contributed by atoms with van der Waals surface area (Å²) in [7, 11) is 1.62. The third-order valence-electron chi connectivity index (χ3n) is 6.19. The van der Waals surface area contributed by atoms with Crippen LogP contribution in [0.15, 0.2) is 76.6 Å². The van der Waals surface area contributed by atoms with E-state index in [1.54, 1.807) is 7.11 Å². The summed E-state index contributed by atoms with van der Waals surface area (Å²) in [6.45, 7) is 7.01. The Morgan fingerprint density at radius 2 is 1.80 bits per heavy atom. The lowest BCUT2D eigenvalue weighted by Gasteiger charge is -2.09. The third kappa shape index (κ3) is 4.62. The number of aryl methyl sites for hydroxylation is 2. The second kappa shape index (κ2) is 9.47. The van der Waals surface area contributed by atoms with Crippen molar-refractivity contribution in [1.29, 1.82) is 0 Å². The number of para-hydroxylation sites is 1. The number of amides is 1. The van der Waals surface area contributed by atoms with Crippen molar-refractivity contribution in [2.24, 2.45) is 4.99 Å². The molecular formula is C29H27N3O2S. The second-order valence-corrected chi connectivity index (χ2v) is 9.78. The van der Waals surface area contributed by atoms with Crippen LogP contribution < -0.4 is 10.1 Å². The van der Waals surface area contributed by atoms with Crippen molar-refractivity contribution in [3.63, 3.8) is 0 Å². The highest BCUT2D eigenvalue weighted by Crippen LogP contribution is 2.35. The predicted octanol–water partition coefficient (Wildman–Crippen LogP) is 6.52. The van der Waals surface area contributed by atoms with Crippen LogP contribution in [0.25, 0.3) is 17.0 Å². The van der Waals surface area contributed by atoms with E-state index < -0.39 is 0 Å². The zero-order valence-corrected chi connectivity index (χ0v) is 21.1. The maximum atomic E-state index is 12.9. The average molecular weight is 482 g/mol. The first-order valence-corrected chi connectivity index (χ1v) is 12.3. The number of carbonyl (C=O) groups excluding carboxylic acids is 1. The maximum absolute atomic E-state index is 12.9. The minimum absolute atomic E-state index is 0.143. The lowest BCUT2D eigenvalue weighted by molar-refractivity contribution is -0.115. The SMILES string of the molecule is COc1ccc(C)cc1N=C1NC(=O)/C(=C/c2c(C)n(Cc3cccc(C)c3)c3ccccc23)S1. The molecule has 0 spiro atoms. The molecule has 0 radical (unpaired) electrons. The number of nitrogens with one attached hydrogen (secondary N) is 1. The summed E-state index contributed by atoms with van der Waals surface area (Å²) < 4.78 is 7.76. The first kappa shape index (κ1) is 23.0. The quantitative estimate of drug-likeness (QED) is 0.330. The van der Waals surface area contributed by atoms with Gasteiger partial charge in [-0.1, -0.05) is 54.1 Å². The van der Waals surface area contributed by atoms with E-state index in [1.165, 1.54) is 22.9 Å². The van der Waals surface area contributed by atoms with Gasteiger partial charge in [0.1, 0.15) is 11.4 Å². The van der Waals surface area contributed by atoms with E-state index in [0.717, 1.165) is 34.3 Å². The first-order valence-electron chi connectivity index (χ1n) is 11.5. The summed E-state index contributed by atoms with van der Waals surface area (Å²) in [5.74, 6) is 0.528. The van der Waals surface area contributed by atoms with Crippen molar-refractivity contribution in [2.45, 2.75) is 27.3 Å². The van der Waals surface area contributed by atoms with E-state index in [0.29, 0.717) is 21.5 Å². The molecule has 1 fully saturated rings. The maximum Gasteiger partial charge on any atom is 0.264 e. The minimum atomic E-state index is -0.143. The Bertz CT molecular complexity index is 1510. The highest BCUT2D eigenvalue weighted by Gasteiger charge is 2.25. The number of hydrogen-bond donors (Lipinski definition) is 1. The van der Waals surface area contributed by atoms with E-state index in [-0.39, 0.29) is 5.91 Å². The van der Waals surface area contributed by atoms with Crippen LogP contribution in [0.2, 0.25) is 0 Å². The van der Waals surface area contributed by atoms with Gasteiger partial charge < -0.3 is 14.6 Å². The zero-order chi connectivity index (χ0) is 24.5. The number of thioether (sulfide) groups is 1. The van der Waals surface area contributed by atoms with Crippen LogP contribution in [-0.2, 0) is 11.3 Å². The molecule has 3 aromatic carbocycles. The number of aliphatic imine (C=N–C) groups is 1. The second-order valence-electron chi connectivity index (χ2n) is 8.75. The highest BCUT2D eigenvalue weighted by atomic mass is 32.2. The van der Waals surface area contributed by atoms with Gasteiger partial charge in [-0.05, 0) is 67.9 Å². The molecule has 0 aliphatic carbocycles. The Kier molecular flexibility index (Phi) is 6.22. The van der Waals surface area contributed by atoms with Crippen molar-refractivity contribution in [2.75, 3.05) is 7.11 Å². The number of aromatic nitrogens is 1. The number of amidine groups is 1. The number of carbonyl (C=O) groups is 1. The van der Waals surface area contributed by atoms with Crippen LogP contribution in [0, 0.1) is 20.8 Å². The molecule has 0 saturated carbocycles. The van der Waals surface area contributed by atoms with Gasteiger partial charge in [-0.3, -0.25) is 4.79 Å². The van der Waals surface area contributed by atoms with Crippen LogP contribution in [0.1, 0.15) is 27.9 Å². The van der Waals surface area contributed by atoms with Gasteiger partial charge in [-0.2, -0.15) is 0 Å². The van der Waals surface area contributed by atoms with Crippen LogP contribution in [0.3, 0.4) is 0 Å². The molecule has 1 amide bonds. The lowest BCUT2D eigenvalue weighted by Crippen LogP contribution is -2.19. The zero-order valence-electron chi connectivity index (χ0n) is 20.3. The fraction of sp³-hybridized carbons (Fsp3) is 0.172. The normalized spacial score (nSPS) is 15.8. The average Bonchev–Trinajstić information content (AvgIpc) is 3.31. The fourth-order valence-corrected chi connectivity index (χ4v) is 5.26. The van der Waals surface area contributed by atoms with Crippen molar-refractivity contribution in [1.82, 2.24) is 9.88 Å². The molecule has 0 atom stereocenters. The Balaban J connectivity index is 1.52. The molecule has 1 aliphatic heterocycles. The van der Waals surface area contributed by atoms with E-state index in [2.05, 4.69) is 71.2 Å². The number of hydrogen-bond acceptors (Lipinski definition) is 4. The van der Waals surface area contributed by atoms with Gasteiger partial charge in [-0.15, -0.1) is 0 Å². The molecule has 1 aliphatic rings. The number of fused-ring (bicyclic) bond motifs is 1. The summed E-state index contributed by atoms with van der Waals surface area (Å²) in [6.07, 6.45) is 1.99. The van der Waals surface area contributed by atoms with Gasteiger partial charge in [0.15, 0.2) is 5.17 Å². The number of rotatable bonds is 5. The van der Waals surface area contributed by atoms with E-state index in [9.17, 15) is 4.79 Å². The summed E-state index contributed by atoms with van der Waals surface area (Å²) >= 11 is 1.35. The lowest BCUT2D eigenvalue weighted by atomic mass is 10.1. The molecule has 1 saturated heterocycles. The molecule has 0 unspecified atom stereocenters. The molecule has 2 heterocycles. The molecular weight excluding hydrogens is 454 g/mol. The summed E-state index contributed by atoms with van der Waals surface area (Å²) in [6, 6.07) is 22.7. The van der Waals surface area contributed by atoms with Gasteiger partial charge >= 0.3 is 0 Å². The van der Waals surface area contributed by atoms with E-state index >= 15 is 0 Å². The first-order chi connectivity index (χ1) is 16.9. The van der Waals surface area contributed by atoms with Crippen molar-refractivity contribution in [3.05, 3.63) is 99.6 Å². The number of methoxy groups -OCH3 is 1. The summed E-state index contributed by atoms with van der Waals surface area (Å²) in [4.78, 5) is 18.1. The Labute approximate surface area is 209 Å². The Hall–Kier alpha value is -3.77. The predicted molar refractivity (Wildman–Crippen MR) is 145 cm³/mol. The molecule has 176 valence electrons. The summed E-state index contributed by atoms with van der Waals surface area (Å²) in [5, 5.41) is 4.58. The van der Waals surface area contributed by atoms with Gasteiger partial charge in [-0.25, -0.2) is 4.99 Å². The highest BCUT2D eigenvalue weighted by molar-refractivity contribution is 8.18. The van der Waals surface area contributed by atoms with E-state index in [4.69, 9.17) is 4.74 Å². The standard InChI is InChI=1S/C29H27N3O2S/c1-18-8-7-9-21(14-18)17-32-20(3)23(22-10-5-6-11-25(22)32)16-27-28(33)31-29(35-27)30-24-15-19(2)12-13-26(24)34-4/h5-16H,17H2,1-4H3,(H,30,31,33)/b27-16-. The Morgan fingerprint density at radius 1 is 1.00 bits per heavy atom. The van der Waals surface area contributed by atoms with Gasteiger partial charge in [0, 0.05) is 28.7 Å². The van der Waals surface area contributed by atoms with Gasteiger partial charge in [0.2, 0.25) is 0 Å². The van der Waals surface area contributed by atoms with Crippen LogP contribution >= 0.6 is 11.8 Å². The van der Waals surface area contributed by atoms with Crippen LogP contribution in [0.5, 0.6) is 5.75 Å². The molecule has 5 nitrogen and oxygen atoms in total. The molecule has 6 heteroatoms. The smallest absolute Gasteiger partial charge is 0.264 e. The Morgan fingerprint density at radius 3 is 2.60 bits per heavy atom. The number of nitrogens with zero attached hydrogens (tertiary/aromatic N) is 2. The number of ether oxygens (including phenoxy) is 1. The van der Waals surface area contributed by atoms with Gasteiger partial charge in [0.25, 0.3) is 5.91 Å². The molecule has 0 bridgehead atoms. The molecule has 35 heavy (non-hydrogen) atoms. The monoisotopic (exact) mass is 481 g/mol. The topological polar surface area (TPSA) is 55.6 Å². The van der Waals surface area contributed by atoms with Crippen molar-refractivity contribution < 1.29 is 9.53 Å². The summed E-state index contributed by atoms with van der Waals surface area (Å²) in [5.41, 5.74) is 7.60. The number of benzene rings is 3. The van der Waals surface area contributed by atoms with Crippen LogP contribution in [0.4, 0.5) is 5.69 Å². The van der Waals surface area contributed by atoms with Crippen molar-refractivity contribution >= 4 is 45.5 Å². The molecule has 1 aromatic heterocycles. The molecule has 1 N–H and O–H groups in total. The molecule has 5 rings (SSSR count). The third-order valence-corrected chi connectivity index (χ3v) is 7.10. The minimum Gasteiger partial charge on any atom is -0.494 e. The fourth-order valence-electron chi connectivity index (χ4n) is 4.45. The van der Waals surface area contributed by atoms with E-state index in [1.807, 2.05) is 37.3 Å². The van der Waals surface area contributed by atoms with Crippen LogP contribution in [-0.4, -0.2) is 22.8 Å². The van der Waals surface area contributed by atoms with Gasteiger partial charge in [0.05, 0.1) is 12.0 Å². The largest absolute Gasteiger partial charge is 0.494 e. The van der Waals surface area contributed by atoms with Crippen molar-refractivity contribution in [3.8, 4) is 5.75 Å². The molecule has 4 aromatic rings.